The molecule has 2 aromatic rings. The minimum atomic E-state index is -0.953. The van der Waals surface area contributed by atoms with Crippen molar-refractivity contribution < 1.29 is 18.7 Å². The van der Waals surface area contributed by atoms with Gasteiger partial charge in [-0.3, -0.25) is 0 Å². The second-order valence-corrected chi connectivity index (χ2v) is 6.13. The molecule has 134 valence electrons. The highest BCUT2D eigenvalue weighted by atomic mass is 19.1. The van der Waals surface area contributed by atoms with Crippen LogP contribution in [0.3, 0.4) is 0 Å². The molecule has 4 heteroatoms. The van der Waals surface area contributed by atoms with E-state index in [4.69, 9.17) is 9.47 Å². The number of ether oxygens (including phenoxy) is 2. The number of alkyl halides is 1. The van der Waals surface area contributed by atoms with Crippen LogP contribution in [0.1, 0.15) is 48.5 Å². The largest absolute Gasteiger partial charge is 0.491 e. The maximum absolute atomic E-state index is 13.7. The van der Waals surface area contributed by atoms with Crippen molar-refractivity contribution in [2.24, 2.45) is 0 Å². The van der Waals surface area contributed by atoms with Gasteiger partial charge >= 0.3 is 5.97 Å². The third-order valence-electron chi connectivity index (χ3n) is 3.87. The van der Waals surface area contributed by atoms with Gasteiger partial charge in [0.1, 0.15) is 24.3 Å². The third-order valence-corrected chi connectivity index (χ3v) is 3.87. The monoisotopic (exact) mass is 344 g/mol. The lowest BCUT2D eigenvalue weighted by Crippen LogP contribution is -2.12. The molecule has 0 saturated heterocycles. The molecular weight excluding hydrogens is 319 g/mol. The lowest BCUT2D eigenvalue weighted by molar-refractivity contribution is 0.0734. The molecule has 0 aliphatic carbocycles. The molecule has 0 aromatic heterocycles. The summed E-state index contributed by atoms with van der Waals surface area (Å²) in [6, 6.07) is 13.8. The lowest BCUT2D eigenvalue weighted by atomic mass is 10.1. The Balaban J connectivity index is 1.81. The van der Waals surface area contributed by atoms with E-state index >= 15 is 0 Å². The van der Waals surface area contributed by atoms with E-state index in [9.17, 15) is 9.18 Å². The molecule has 0 aliphatic heterocycles. The van der Waals surface area contributed by atoms with Gasteiger partial charge in [0.05, 0.1) is 5.56 Å². The summed E-state index contributed by atoms with van der Waals surface area (Å²) in [6.07, 6.45) is 2.58. The van der Waals surface area contributed by atoms with Crippen LogP contribution < -0.4 is 9.47 Å². The average molecular weight is 344 g/mol. The van der Waals surface area contributed by atoms with Crippen molar-refractivity contribution in [3.63, 3.8) is 0 Å². The van der Waals surface area contributed by atoms with Crippen LogP contribution in [0, 0.1) is 6.92 Å². The second-order valence-electron chi connectivity index (χ2n) is 6.13. The Labute approximate surface area is 148 Å². The Hall–Kier alpha value is -2.36. The zero-order valence-electron chi connectivity index (χ0n) is 14.8. The fraction of sp³-hybridized carbons (Fsp3) is 0.381. The summed E-state index contributed by atoms with van der Waals surface area (Å²) in [4.78, 5) is 12.0. The number of unbranched alkanes of at least 4 members (excludes halogenated alkanes) is 2. The van der Waals surface area contributed by atoms with E-state index in [0.29, 0.717) is 23.5 Å². The fourth-order valence-electron chi connectivity index (χ4n) is 2.35. The van der Waals surface area contributed by atoms with Crippen molar-refractivity contribution in [2.75, 3.05) is 6.61 Å². The SMILES string of the molecule is CCCCCC(F)COc1ccc(OC(=O)c2ccc(C)cc2)cc1. The Kier molecular flexibility index (Phi) is 7.45. The molecule has 1 atom stereocenters. The number of carbonyl (C=O) groups excluding carboxylic acids is 1. The van der Waals surface area contributed by atoms with Crippen LogP contribution in [0.15, 0.2) is 48.5 Å². The van der Waals surface area contributed by atoms with Gasteiger partial charge < -0.3 is 9.47 Å². The number of halogens is 1. The summed E-state index contributed by atoms with van der Waals surface area (Å²) >= 11 is 0. The van der Waals surface area contributed by atoms with Crippen LogP contribution in [-0.2, 0) is 0 Å². The first-order chi connectivity index (χ1) is 12.1. The first kappa shape index (κ1) is 19.0. The van der Waals surface area contributed by atoms with E-state index in [-0.39, 0.29) is 6.61 Å². The molecule has 2 aromatic carbocycles. The first-order valence-electron chi connectivity index (χ1n) is 8.74. The topological polar surface area (TPSA) is 35.5 Å². The van der Waals surface area contributed by atoms with Gasteiger partial charge in [0.15, 0.2) is 0 Å². The Morgan fingerprint density at radius 3 is 2.28 bits per heavy atom. The summed E-state index contributed by atoms with van der Waals surface area (Å²) in [6.45, 7) is 4.10. The molecule has 1 unspecified atom stereocenters. The average Bonchev–Trinajstić information content (AvgIpc) is 2.62. The molecule has 0 heterocycles. The molecule has 0 bridgehead atoms. The van der Waals surface area contributed by atoms with Crippen molar-refractivity contribution in [1.29, 1.82) is 0 Å². The summed E-state index contributed by atoms with van der Waals surface area (Å²) in [5.74, 6) is 0.583. The maximum atomic E-state index is 13.7. The third kappa shape index (κ3) is 6.57. The van der Waals surface area contributed by atoms with Crippen molar-refractivity contribution in [1.82, 2.24) is 0 Å². The highest BCUT2D eigenvalue weighted by Gasteiger charge is 2.09. The molecule has 25 heavy (non-hydrogen) atoms. The van der Waals surface area contributed by atoms with Crippen LogP contribution >= 0.6 is 0 Å². The number of benzene rings is 2. The first-order valence-corrected chi connectivity index (χ1v) is 8.74. The van der Waals surface area contributed by atoms with E-state index in [2.05, 4.69) is 6.92 Å². The van der Waals surface area contributed by atoms with Crippen molar-refractivity contribution >= 4 is 5.97 Å². The van der Waals surface area contributed by atoms with E-state index in [0.717, 1.165) is 24.8 Å². The van der Waals surface area contributed by atoms with Crippen LogP contribution in [0.25, 0.3) is 0 Å². The molecule has 3 nitrogen and oxygen atoms in total. The number of carbonyl (C=O) groups is 1. The van der Waals surface area contributed by atoms with Gasteiger partial charge in [0.2, 0.25) is 0 Å². The highest BCUT2D eigenvalue weighted by Crippen LogP contribution is 2.20. The predicted octanol–water partition coefficient (Wildman–Crippen LogP) is 5.51. The fourth-order valence-corrected chi connectivity index (χ4v) is 2.35. The number of rotatable bonds is 9. The van der Waals surface area contributed by atoms with Crippen molar-refractivity contribution in [3.8, 4) is 11.5 Å². The zero-order valence-corrected chi connectivity index (χ0v) is 14.8. The van der Waals surface area contributed by atoms with E-state index in [1.165, 1.54) is 0 Å². The van der Waals surface area contributed by atoms with Crippen LogP contribution in [0.5, 0.6) is 11.5 Å². The van der Waals surface area contributed by atoms with Gasteiger partial charge in [0.25, 0.3) is 0 Å². The number of esters is 1. The maximum Gasteiger partial charge on any atom is 0.343 e. The number of aryl methyl sites for hydroxylation is 1. The Bertz CT molecular complexity index is 650. The summed E-state index contributed by atoms with van der Waals surface area (Å²) < 4.78 is 24.4. The Morgan fingerprint density at radius 1 is 1.00 bits per heavy atom. The van der Waals surface area contributed by atoms with E-state index in [1.807, 2.05) is 19.1 Å². The molecule has 0 saturated carbocycles. The minimum absolute atomic E-state index is 0.0478. The molecular formula is C21H25FO3. The van der Waals surface area contributed by atoms with Gasteiger partial charge in [-0.05, 0) is 49.7 Å². The zero-order chi connectivity index (χ0) is 18.1. The van der Waals surface area contributed by atoms with E-state index in [1.54, 1.807) is 36.4 Å². The molecule has 0 amide bonds. The van der Waals surface area contributed by atoms with Gasteiger partial charge in [-0.15, -0.1) is 0 Å². The lowest BCUT2D eigenvalue weighted by Gasteiger charge is -2.11. The smallest absolute Gasteiger partial charge is 0.343 e. The molecule has 0 radical (unpaired) electrons. The van der Waals surface area contributed by atoms with Crippen LogP contribution in [-0.4, -0.2) is 18.7 Å². The molecule has 2 rings (SSSR count). The summed E-state index contributed by atoms with van der Waals surface area (Å²) in [5, 5.41) is 0. The molecule has 0 fully saturated rings. The van der Waals surface area contributed by atoms with Crippen molar-refractivity contribution in [3.05, 3.63) is 59.7 Å². The van der Waals surface area contributed by atoms with Crippen molar-refractivity contribution in [2.45, 2.75) is 45.7 Å². The van der Waals surface area contributed by atoms with Gasteiger partial charge in [-0.1, -0.05) is 43.9 Å². The highest BCUT2D eigenvalue weighted by molar-refractivity contribution is 5.91. The quantitative estimate of drug-likeness (QED) is 0.342. The van der Waals surface area contributed by atoms with E-state index < -0.39 is 12.1 Å². The molecule has 0 aliphatic rings. The van der Waals surface area contributed by atoms with Gasteiger partial charge in [-0.25, -0.2) is 9.18 Å². The minimum Gasteiger partial charge on any atom is -0.491 e. The summed E-state index contributed by atoms with van der Waals surface area (Å²) in [5.41, 5.74) is 1.58. The molecule has 0 spiro atoms. The summed E-state index contributed by atoms with van der Waals surface area (Å²) in [7, 11) is 0. The predicted molar refractivity (Wildman–Crippen MR) is 97.1 cm³/mol. The number of hydrogen-bond donors (Lipinski definition) is 0. The van der Waals surface area contributed by atoms with Gasteiger partial charge in [0, 0.05) is 0 Å². The number of hydrogen-bond acceptors (Lipinski definition) is 3. The van der Waals surface area contributed by atoms with Crippen LogP contribution in [0.4, 0.5) is 4.39 Å². The normalized spacial score (nSPS) is 11.8. The standard InChI is InChI=1S/C21H25FO3/c1-3-4-5-6-18(22)15-24-19-11-13-20(14-12-19)25-21(23)17-9-7-16(2)8-10-17/h7-14,18H,3-6,15H2,1-2H3. The Morgan fingerprint density at radius 2 is 1.64 bits per heavy atom. The van der Waals surface area contributed by atoms with Gasteiger partial charge in [-0.2, -0.15) is 0 Å². The van der Waals surface area contributed by atoms with Crippen LogP contribution in [0.2, 0.25) is 0 Å². The molecule has 0 N–H and O–H groups in total. The second kappa shape index (κ2) is 9.82.